The molecule has 0 spiro atoms. The standard InChI is InChI=1S/C33H28N2O4S/c36-32(23-34-22-29(17-18-33(34)37)40(38,39)35-19-3-4-20-35)28-10-5-9-27(21-28)24-13-15-26(16-14-24)31-12-6-8-25-7-1-2-11-30(25)31/h1-2,5-18,21-22H,3-4,19-20,23H2. The lowest BCUT2D eigenvalue weighted by molar-refractivity contribution is 0.0970. The topological polar surface area (TPSA) is 76.5 Å². The maximum absolute atomic E-state index is 13.2. The van der Waals surface area contributed by atoms with Crippen molar-refractivity contribution in [2.45, 2.75) is 24.3 Å². The minimum absolute atomic E-state index is 0.0295. The van der Waals surface area contributed by atoms with Crippen LogP contribution in [-0.2, 0) is 16.6 Å². The fourth-order valence-corrected chi connectivity index (χ4v) is 6.84. The van der Waals surface area contributed by atoms with Gasteiger partial charge in [0.1, 0.15) is 0 Å². The van der Waals surface area contributed by atoms with Gasteiger partial charge in [0.2, 0.25) is 10.0 Å². The molecule has 1 saturated heterocycles. The Kier molecular flexibility index (Phi) is 6.92. The number of benzene rings is 4. The van der Waals surface area contributed by atoms with Crippen molar-refractivity contribution in [2.24, 2.45) is 0 Å². The second-order valence-corrected chi connectivity index (χ2v) is 12.0. The van der Waals surface area contributed by atoms with Crippen LogP contribution in [0.25, 0.3) is 33.0 Å². The first-order chi connectivity index (χ1) is 19.4. The summed E-state index contributed by atoms with van der Waals surface area (Å²) in [7, 11) is -3.69. The summed E-state index contributed by atoms with van der Waals surface area (Å²) in [6.07, 6.45) is 2.92. The number of Topliss-reactive ketones (excluding diaryl/α,β-unsaturated/α-hetero) is 1. The summed E-state index contributed by atoms with van der Waals surface area (Å²) in [5.74, 6) is -0.271. The van der Waals surface area contributed by atoms with Crippen LogP contribution in [0.15, 0.2) is 119 Å². The summed E-state index contributed by atoms with van der Waals surface area (Å²) in [6, 6.07) is 32.6. The number of hydrogen-bond donors (Lipinski definition) is 0. The third-order valence-electron chi connectivity index (χ3n) is 7.48. The fraction of sp³-hybridized carbons (Fsp3) is 0.152. The Morgan fingerprint density at radius 1 is 0.725 bits per heavy atom. The number of rotatable bonds is 7. The number of sulfonamides is 1. The molecule has 6 nitrogen and oxygen atoms in total. The zero-order valence-corrected chi connectivity index (χ0v) is 22.7. The molecule has 0 bridgehead atoms. The van der Waals surface area contributed by atoms with Crippen LogP contribution in [0, 0.1) is 0 Å². The summed E-state index contributed by atoms with van der Waals surface area (Å²) < 4.78 is 28.5. The van der Waals surface area contributed by atoms with Crippen LogP contribution in [0.3, 0.4) is 0 Å². The van der Waals surface area contributed by atoms with E-state index in [9.17, 15) is 18.0 Å². The summed E-state index contributed by atoms with van der Waals surface area (Å²) in [5.41, 5.74) is 4.15. The van der Waals surface area contributed by atoms with Gasteiger partial charge in [-0.15, -0.1) is 0 Å². The Morgan fingerprint density at radius 2 is 1.43 bits per heavy atom. The van der Waals surface area contributed by atoms with E-state index < -0.39 is 15.6 Å². The Hall–Kier alpha value is -4.33. The maximum Gasteiger partial charge on any atom is 0.251 e. The maximum atomic E-state index is 13.2. The first-order valence-corrected chi connectivity index (χ1v) is 14.8. The smallest absolute Gasteiger partial charge is 0.251 e. The highest BCUT2D eigenvalue weighted by molar-refractivity contribution is 7.89. The molecule has 0 unspecified atom stereocenters. The summed E-state index contributed by atoms with van der Waals surface area (Å²) >= 11 is 0. The van der Waals surface area contributed by atoms with Gasteiger partial charge >= 0.3 is 0 Å². The third kappa shape index (κ3) is 5.01. The van der Waals surface area contributed by atoms with Crippen LogP contribution in [0.2, 0.25) is 0 Å². The van der Waals surface area contributed by atoms with Crippen LogP contribution in [0.5, 0.6) is 0 Å². The van der Waals surface area contributed by atoms with Crippen LogP contribution in [0.4, 0.5) is 0 Å². The Morgan fingerprint density at radius 3 is 2.23 bits per heavy atom. The number of nitrogens with zero attached hydrogens (tertiary/aromatic N) is 2. The van der Waals surface area contributed by atoms with Crippen molar-refractivity contribution in [3.05, 3.63) is 125 Å². The quantitative estimate of drug-likeness (QED) is 0.234. The Balaban J connectivity index is 1.24. The zero-order chi connectivity index (χ0) is 27.7. The Labute approximate surface area is 233 Å². The lowest BCUT2D eigenvalue weighted by Gasteiger charge is -2.16. The molecule has 1 fully saturated rings. The monoisotopic (exact) mass is 548 g/mol. The van der Waals surface area contributed by atoms with Crippen LogP contribution < -0.4 is 5.56 Å². The van der Waals surface area contributed by atoms with E-state index in [4.69, 9.17) is 0 Å². The molecule has 1 aromatic heterocycles. The number of pyridine rings is 1. The largest absolute Gasteiger partial charge is 0.306 e. The molecular formula is C33H28N2O4S. The second kappa shape index (κ2) is 10.7. The van der Waals surface area contributed by atoms with Crippen molar-refractivity contribution in [3.63, 3.8) is 0 Å². The van der Waals surface area contributed by atoms with E-state index in [1.165, 1.54) is 38.0 Å². The molecule has 200 valence electrons. The predicted octanol–water partition coefficient (Wildman–Crippen LogP) is 6.00. The van der Waals surface area contributed by atoms with Gasteiger partial charge in [0.05, 0.1) is 11.4 Å². The number of fused-ring (bicyclic) bond motifs is 1. The molecule has 1 aliphatic rings. The zero-order valence-electron chi connectivity index (χ0n) is 21.9. The molecule has 0 N–H and O–H groups in total. The number of hydrogen-bond acceptors (Lipinski definition) is 4. The van der Waals surface area contributed by atoms with E-state index in [2.05, 4.69) is 42.5 Å². The molecule has 0 radical (unpaired) electrons. The van der Waals surface area contributed by atoms with Crippen LogP contribution in [-0.4, -0.2) is 36.2 Å². The average molecular weight is 549 g/mol. The molecule has 1 aliphatic heterocycles. The molecule has 2 heterocycles. The molecule has 5 aromatic rings. The lowest BCUT2D eigenvalue weighted by Crippen LogP contribution is -2.30. The first kappa shape index (κ1) is 25.9. The summed E-state index contributed by atoms with van der Waals surface area (Å²) in [4.78, 5) is 25.7. The van der Waals surface area contributed by atoms with E-state index in [1.807, 2.05) is 42.5 Å². The van der Waals surface area contributed by atoms with Gasteiger partial charge in [0.25, 0.3) is 5.56 Å². The van der Waals surface area contributed by atoms with Gasteiger partial charge in [-0.05, 0) is 58.0 Å². The Bertz CT molecular complexity index is 1880. The number of aromatic nitrogens is 1. The van der Waals surface area contributed by atoms with Gasteiger partial charge in [-0.3, -0.25) is 9.59 Å². The SMILES string of the molecule is O=C(Cn1cc(S(=O)(=O)N2CCCC2)ccc1=O)c1cccc(-c2ccc(-c3cccc4ccccc34)cc2)c1. The van der Waals surface area contributed by atoms with Crippen molar-refractivity contribution in [3.8, 4) is 22.3 Å². The second-order valence-electron chi connectivity index (χ2n) is 10.1. The van der Waals surface area contributed by atoms with Gasteiger partial charge < -0.3 is 4.57 Å². The van der Waals surface area contributed by atoms with E-state index >= 15 is 0 Å². The van der Waals surface area contributed by atoms with Crippen molar-refractivity contribution < 1.29 is 13.2 Å². The fourth-order valence-electron chi connectivity index (χ4n) is 5.30. The molecule has 4 aromatic carbocycles. The van der Waals surface area contributed by atoms with E-state index in [0.717, 1.165) is 35.1 Å². The van der Waals surface area contributed by atoms with Gasteiger partial charge in [-0.25, -0.2) is 8.42 Å². The molecule has 0 amide bonds. The number of carbonyl (C=O) groups is 1. The highest BCUT2D eigenvalue weighted by Gasteiger charge is 2.27. The van der Waals surface area contributed by atoms with E-state index in [-0.39, 0.29) is 17.2 Å². The third-order valence-corrected chi connectivity index (χ3v) is 9.36. The predicted molar refractivity (Wildman–Crippen MR) is 158 cm³/mol. The number of carbonyl (C=O) groups excluding carboxylic acids is 1. The summed E-state index contributed by atoms with van der Waals surface area (Å²) in [6.45, 7) is 0.692. The van der Waals surface area contributed by atoms with Crippen molar-refractivity contribution in [1.82, 2.24) is 8.87 Å². The molecule has 0 saturated carbocycles. The van der Waals surface area contributed by atoms with Crippen molar-refractivity contribution in [1.29, 1.82) is 0 Å². The van der Waals surface area contributed by atoms with E-state index in [1.54, 1.807) is 6.07 Å². The van der Waals surface area contributed by atoms with Crippen LogP contribution >= 0.6 is 0 Å². The minimum atomic E-state index is -3.69. The molecule has 7 heteroatoms. The number of ketones is 1. The molecule has 0 aliphatic carbocycles. The minimum Gasteiger partial charge on any atom is -0.306 e. The molecule has 0 atom stereocenters. The van der Waals surface area contributed by atoms with Crippen molar-refractivity contribution >= 4 is 26.6 Å². The molecular weight excluding hydrogens is 520 g/mol. The van der Waals surface area contributed by atoms with E-state index in [0.29, 0.717) is 18.7 Å². The summed E-state index contributed by atoms with van der Waals surface area (Å²) in [5, 5.41) is 2.38. The van der Waals surface area contributed by atoms with Crippen molar-refractivity contribution in [2.75, 3.05) is 13.1 Å². The normalized spacial score (nSPS) is 14.0. The van der Waals surface area contributed by atoms with Gasteiger partial charge in [-0.2, -0.15) is 4.31 Å². The van der Waals surface area contributed by atoms with Gasteiger partial charge in [0.15, 0.2) is 5.78 Å². The first-order valence-electron chi connectivity index (χ1n) is 13.3. The molecule has 6 rings (SSSR count). The lowest BCUT2D eigenvalue weighted by atomic mass is 9.95. The highest BCUT2D eigenvalue weighted by atomic mass is 32.2. The molecule has 40 heavy (non-hydrogen) atoms. The average Bonchev–Trinajstić information content (AvgIpc) is 3.54. The van der Waals surface area contributed by atoms with Crippen LogP contribution in [0.1, 0.15) is 23.2 Å². The van der Waals surface area contributed by atoms with Gasteiger partial charge in [0, 0.05) is 30.9 Å². The van der Waals surface area contributed by atoms with Gasteiger partial charge in [-0.1, -0.05) is 84.9 Å². The highest BCUT2D eigenvalue weighted by Crippen LogP contribution is 2.31.